The second-order valence-electron chi connectivity index (χ2n) is 4.71. The molecule has 2 aromatic carbocycles. The summed E-state index contributed by atoms with van der Waals surface area (Å²) >= 11 is 0. The van der Waals surface area contributed by atoms with Crippen LogP contribution in [0.15, 0.2) is 47.4 Å². The van der Waals surface area contributed by atoms with E-state index in [0.717, 1.165) is 5.56 Å². The predicted octanol–water partition coefficient (Wildman–Crippen LogP) is 2.57. The second kappa shape index (κ2) is 5.73. The van der Waals surface area contributed by atoms with Crippen molar-refractivity contribution in [2.75, 3.05) is 0 Å². The van der Waals surface area contributed by atoms with Gasteiger partial charge in [0.25, 0.3) is 0 Å². The second-order valence-corrected chi connectivity index (χ2v) is 6.70. The maximum atomic E-state index is 13.3. The molecule has 0 atom stereocenters. The molecule has 0 saturated carbocycles. The van der Waals surface area contributed by atoms with Crippen LogP contribution < -0.4 is 5.73 Å². The minimum atomic E-state index is -3.44. The highest BCUT2D eigenvalue weighted by molar-refractivity contribution is 7.90. The fourth-order valence-corrected chi connectivity index (χ4v) is 3.42. The third-order valence-electron chi connectivity index (χ3n) is 3.04. The van der Waals surface area contributed by atoms with E-state index >= 15 is 0 Å². The van der Waals surface area contributed by atoms with Gasteiger partial charge in [0.1, 0.15) is 5.82 Å². The number of nitrogens with two attached hydrogens (primary N) is 1. The quantitative estimate of drug-likeness (QED) is 0.942. The Balaban J connectivity index is 2.33. The lowest BCUT2D eigenvalue weighted by Crippen LogP contribution is -2.07. The number of sulfone groups is 1. The molecule has 0 aliphatic carbocycles. The molecule has 0 spiro atoms. The number of halogens is 1. The Bertz CT molecular complexity index is 726. The molecule has 0 aliphatic heterocycles. The molecule has 0 unspecified atom stereocenters. The minimum Gasteiger partial charge on any atom is -0.326 e. The van der Waals surface area contributed by atoms with E-state index in [1.807, 2.05) is 13.0 Å². The van der Waals surface area contributed by atoms with Crippen LogP contribution >= 0.6 is 0 Å². The largest absolute Gasteiger partial charge is 0.326 e. The number of hydrogen-bond acceptors (Lipinski definition) is 3. The predicted molar refractivity (Wildman–Crippen MR) is 76.4 cm³/mol. The molecule has 5 heteroatoms. The molecule has 0 saturated heterocycles. The van der Waals surface area contributed by atoms with Crippen LogP contribution in [0, 0.1) is 12.7 Å². The monoisotopic (exact) mass is 293 g/mol. The topological polar surface area (TPSA) is 60.2 Å². The molecule has 0 amide bonds. The lowest BCUT2D eigenvalue weighted by molar-refractivity contribution is 0.594. The normalized spacial score (nSPS) is 11.6. The van der Waals surface area contributed by atoms with Crippen molar-refractivity contribution in [2.45, 2.75) is 24.1 Å². The van der Waals surface area contributed by atoms with E-state index in [0.29, 0.717) is 11.1 Å². The Morgan fingerprint density at radius 2 is 1.90 bits per heavy atom. The van der Waals surface area contributed by atoms with Crippen LogP contribution in [0.5, 0.6) is 0 Å². The summed E-state index contributed by atoms with van der Waals surface area (Å²) in [7, 11) is -3.44. The first kappa shape index (κ1) is 14.7. The summed E-state index contributed by atoms with van der Waals surface area (Å²) in [5, 5.41) is 0. The van der Waals surface area contributed by atoms with Crippen molar-refractivity contribution in [1.82, 2.24) is 0 Å². The van der Waals surface area contributed by atoms with Gasteiger partial charge in [-0.25, -0.2) is 12.8 Å². The van der Waals surface area contributed by atoms with Crippen molar-refractivity contribution in [3.63, 3.8) is 0 Å². The molecule has 2 N–H and O–H groups in total. The molecule has 0 aliphatic rings. The van der Waals surface area contributed by atoms with Gasteiger partial charge in [-0.2, -0.15) is 0 Å². The van der Waals surface area contributed by atoms with E-state index in [1.165, 1.54) is 18.2 Å². The average Bonchev–Trinajstić information content (AvgIpc) is 2.40. The highest BCUT2D eigenvalue weighted by atomic mass is 32.2. The number of aryl methyl sites for hydroxylation is 1. The lowest BCUT2D eigenvalue weighted by Gasteiger charge is -2.07. The van der Waals surface area contributed by atoms with Gasteiger partial charge in [-0.1, -0.05) is 24.3 Å². The molecule has 20 heavy (non-hydrogen) atoms. The zero-order valence-electron chi connectivity index (χ0n) is 11.1. The van der Waals surface area contributed by atoms with Gasteiger partial charge in [0.05, 0.1) is 10.6 Å². The van der Waals surface area contributed by atoms with Gasteiger partial charge in [-0.15, -0.1) is 0 Å². The molecular weight excluding hydrogens is 277 g/mol. The summed E-state index contributed by atoms with van der Waals surface area (Å²) in [5.41, 5.74) is 7.16. The summed E-state index contributed by atoms with van der Waals surface area (Å²) in [4.78, 5) is 0.274. The van der Waals surface area contributed by atoms with E-state index in [-0.39, 0.29) is 17.2 Å². The van der Waals surface area contributed by atoms with Gasteiger partial charge in [-0.05, 0) is 36.2 Å². The fraction of sp³-hybridized carbons (Fsp3) is 0.200. The van der Waals surface area contributed by atoms with Crippen molar-refractivity contribution in [3.8, 4) is 0 Å². The van der Waals surface area contributed by atoms with Crippen LogP contribution in [-0.4, -0.2) is 8.42 Å². The SMILES string of the molecule is Cc1cccc(S(=O)(=O)Cc2ccc(F)c(CN)c2)c1. The van der Waals surface area contributed by atoms with Crippen molar-refractivity contribution in [3.05, 3.63) is 65.0 Å². The van der Waals surface area contributed by atoms with E-state index in [9.17, 15) is 12.8 Å². The molecule has 2 aromatic rings. The van der Waals surface area contributed by atoms with Gasteiger partial charge in [-0.3, -0.25) is 0 Å². The third-order valence-corrected chi connectivity index (χ3v) is 4.72. The Morgan fingerprint density at radius 1 is 1.15 bits per heavy atom. The molecular formula is C15H16FNO2S. The van der Waals surface area contributed by atoms with E-state index in [2.05, 4.69) is 0 Å². The highest BCUT2D eigenvalue weighted by Crippen LogP contribution is 2.19. The lowest BCUT2D eigenvalue weighted by atomic mass is 10.1. The molecule has 0 fully saturated rings. The van der Waals surface area contributed by atoms with Crippen LogP contribution in [0.2, 0.25) is 0 Å². The van der Waals surface area contributed by atoms with Gasteiger partial charge in [0.15, 0.2) is 9.84 Å². The number of hydrogen-bond donors (Lipinski definition) is 1. The zero-order chi connectivity index (χ0) is 14.8. The maximum Gasteiger partial charge on any atom is 0.182 e. The minimum absolute atomic E-state index is 0.0458. The first-order valence-electron chi connectivity index (χ1n) is 6.19. The van der Waals surface area contributed by atoms with Crippen molar-refractivity contribution in [1.29, 1.82) is 0 Å². The van der Waals surface area contributed by atoms with Crippen LogP contribution in [0.25, 0.3) is 0 Å². The summed E-state index contributed by atoms with van der Waals surface area (Å²) in [6.45, 7) is 1.88. The fourth-order valence-electron chi connectivity index (χ4n) is 1.99. The first-order valence-corrected chi connectivity index (χ1v) is 7.84. The Labute approximate surface area is 118 Å². The van der Waals surface area contributed by atoms with Crippen LogP contribution in [-0.2, 0) is 22.1 Å². The molecule has 2 rings (SSSR count). The summed E-state index contributed by atoms with van der Waals surface area (Å²) < 4.78 is 38.0. The van der Waals surface area contributed by atoms with Gasteiger partial charge < -0.3 is 5.73 Å². The van der Waals surface area contributed by atoms with Crippen molar-refractivity contribution < 1.29 is 12.8 Å². The van der Waals surface area contributed by atoms with E-state index in [1.54, 1.807) is 18.2 Å². The first-order chi connectivity index (χ1) is 9.42. The van der Waals surface area contributed by atoms with Gasteiger partial charge in [0.2, 0.25) is 0 Å². The molecule has 0 radical (unpaired) electrons. The third kappa shape index (κ3) is 3.23. The summed E-state index contributed by atoms with van der Waals surface area (Å²) in [6.07, 6.45) is 0. The molecule has 3 nitrogen and oxygen atoms in total. The van der Waals surface area contributed by atoms with E-state index < -0.39 is 15.7 Å². The highest BCUT2D eigenvalue weighted by Gasteiger charge is 2.16. The Morgan fingerprint density at radius 3 is 2.55 bits per heavy atom. The number of benzene rings is 2. The summed E-state index contributed by atoms with van der Waals surface area (Å²) in [5.74, 6) is -0.576. The molecule has 106 valence electrons. The van der Waals surface area contributed by atoms with Gasteiger partial charge in [0, 0.05) is 12.1 Å². The average molecular weight is 293 g/mol. The van der Waals surface area contributed by atoms with E-state index in [4.69, 9.17) is 5.73 Å². The van der Waals surface area contributed by atoms with Crippen LogP contribution in [0.4, 0.5) is 4.39 Å². The number of rotatable bonds is 4. The standard InChI is InChI=1S/C15H16FNO2S/c1-11-3-2-4-14(7-11)20(18,19)10-12-5-6-15(16)13(8-12)9-17/h2-8H,9-10,17H2,1H3. The van der Waals surface area contributed by atoms with Crippen LogP contribution in [0.1, 0.15) is 16.7 Å². The smallest absolute Gasteiger partial charge is 0.182 e. The van der Waals surface area contributed by atoms with Crippen molar-refractivity contribution >= 4 is 9.84 Å². The Hall–Kier alpha value is -1.72. The molecule has 0 heterocycles. The van der Waals surface area contributed by atoms with Crippen LogP contribution in [0.3, 0.4) is 0 Å². The Kier molecular flexibility index (Phi) is 4.20. The zero-order valence-corrected chi connectivity index (χ0v) is 12.0. The van der Waals surface area contributed by atoms with Gasteiger partial charge >= 0.3 is 0 Å². The molecule has 0 bridgehead atoms. The summed E-state index contributed by atoms with van der Waals surface area (Å²) in [6, 6.07) is 11.0. The maximum absolute atomic E-state index is 13.3. The molecule has 0 aromatic heterocycles. The van der Waals surface area contributed by atoms with Crippen molar-refractivity contribution in [2.24, 2.45) is 5.73 Å².